The van der Waals surface area contributed by atoms with E-state index in [4.69, 9.17) is 44.3 Å². The molecule has 2 amide bonds. The zero-order chi connectivity index (χ0) is 31.5. The minimum Gasteiger partial charge on any atom is -0.493 e. The number of benzene rings is 2. The number of amides is 2. The second-order valence-electron chi connectivity index (χ2n) is 12.2. The SMILES string of the molecule is CC(C)(C)NCc1cc2c(cc1Cl)C(NC(=O)CC(CS(=O)(=O)c1ccc(Cl)c(Cl)c1)NC(=O)OC(C)(C)C)CCO2. The van der Waals surface area contributed by atoms with Crippen LogP contribution in [0.1, 0.15) is 71.6 Å². The molecule has 1 heterocycles. The predicted molar refractivity (Wildman–Crippen MR) is 165 cm³/mol. The van der Waals surface area contributed by atoms with Crippen molar-refractivity contribution in [1.29, 1.82) is 0 Å². The summed E-state index contributed by atoms with van der Waals surface area (Å²) in [5.74, 6) is -0.419. The maximum Gasteiger partial charge on any atom is 0.407 e. The summed E-state index contributed by atoms with van der Waals surface area (Å²) in [6.45, 7) is 12.1. The highest BCUT2D eigenvalue weighted by Crippen LogP contribution is 2.36. The van der Waals surface area contributed by atoms with Gasteiger partial charge in [-0.25, -0.2) is 13.2 Å². The van der Waals surface area contributed by atoms with Gasteiger partial charge in [0.25, 0.3) is 0 Å². The molecule has 0 saturated heterocycles. The van der Waals surface area contributed by atoms with Crippen molar-refractivity contribution in [2.75, 3.05) is 12.4 Å². The maximum atomic E-state index is 13.3. The van der Waals surface area contributed by atoms with Gasteiger partial charge >= 0.3 is 6.09 Å². The fourth-order valence-corrected chi connectivity index (χ4v) is 6.33. The van der Waals surface area contributed by atoms with Gasteiger partial charge in [0.15, 0.2) is 9.84 Å². The molecule has 42 heavy (non-hydrogen) atoms. The fraction of sp³-hybridized carbons (Fsp3) is 0.517. The van der Waals surface area contributed by atoms with Crippen LogP contribution in [-0.2, 0) is 25.9 Å². The number of hydrogen-bond donors (Lipinski definition) is 3. The molecular formula is C29H38Cl3N3O6S. The third-order valence-electron chi connectivity index (χ3n) is 6.19. The number of halogens is 3. The first-order chi connectivity index (χ1) is 19.3. The zero-order valence-electron chi connectivity index (χ0n) is 24.6. The number of nitrogens with one attached hydrogen (secondary N) is 3. The summed E-state index contributed by atoms with van der Waals surface area (Å²) in [5, 5.41) is 9.70. The average Bonchev–Trinajstić information content (AvgIpc) is 2.82. The highest BCUT2D eigenvalue weighted by Gasteiger charge is 2.30. The lowest BCUT2D eigenvalue weighted by molar-refractivity contribution is -0.122. The predicted octanol–water partition coefficient (Wildman–Crippen LogP) is 6.23. The Hall–Kier alpha value is -2.24. The summed E-state index contributed by atoms with van der Waals surface area (Å²) in [7, 11) is -3.98. The molecule has 1 aliphatic rings. The van der Waals surface area contributed by atoms with E-state index in [0.717, 1.165) is 11.1 Å². The van der Waals surface area contributed by atoms with Crippen molar-refractivity contribution in [2.45, 2.75) is 89.0 Å². The first-order valence-electron chi connectivity index (χ1n) is 13.5. The number of rotatable bonds is 9. The van der Waals surface area contributed by atoms with Crippen LogP contribution in [0, 0.1) is 0 Å². The lowest BCUT2D eigenvalue weighted by Crippen LogP contribution is -2.45. The van der Waals surface area contributed by atoms with Crippen molar-refractivity contribution >= 4 is 56.6 Å². The van der Waals surface area contributed by atoms with E-state index in [2.05, 4.69) is 36.7 Å². The first kappa shape index (κ1) is 34.3. The molecular weight excluding hydrogens is 625 g/mol. The second kappa shape index (κ2) is 13.6. The first-order valence-corrected chi connectivity index (χ1v) is 16.3. The normalized spacial score (nSPS) is 16.2. The van der Waals surface area contributed by atoms with Crippen molar-refractivity contribution in [3.05, 3.63) is 56.5 Å². The van der Waals surface area contributed by atoms with E-state index < -0.39 is 45.3 Å². The summed E-state index contributed by atoms with van der Waals surface area (Å²) in [4.78, 5) is 25.8. The second-order valence-corrected chi connectivity index (χ2v) is 15.5. The quantitative estimate of drug-likeness (QED) is 0.291. The summed E-state index contributed by atoms with van der Waals surface area (Å²) >= 11 is 18.6. The number of fused-ring (bicyclic) bond motifs is 1. The van der Waals surface area contributed by atoms with Gasteiger partial charge in [0.2, 0.25) is 5.91 Å². The van der Waals surface area contributed by atoms with E-state index in [1.165, 1.54) is 18.2 Å². The number of sulfone groups is 1. The molecule has 232 valence electrons. The van der Waals surface area contributed by atoms with Crippen molar-refractivity contribution in [1.82, 2.24) is 16.0 Å². The van der Waals surface area contributed by atoms with Gasteiger partial charge in [-0.15, -0.1) is 0 Å². The Labute approximate surface area is 262 Å². The molecule has 0 radical (unpaired) electrons. The van der Waals surface area contributed by atoms with Crippen LogP contribution in [0.4, 0.5) is 4.79 Å². The van der Waals surface area contributed by atoms with Gasteiger partial charge in [-0.3, -0.25) is 4.79 Å². The zero-order valence-corrected chi connectivity index (χ0v) is 27.7. The van der Waals surface area contributed by atoms with Crippen molar-refractivity contribution in [2.24, 2.45) is 0 Å². The van der Waals surface area contributed by atoms with Crippen molar-refractivity contribution < 1.29 is 27.5 Å². The molecule has 3 rings (SSSR count). The van der Waals surface area contributed by atoms with Gasteiger partial charge in [0, 0.05) is 35.5 Å². The monoisotopic (exact) mass is 661 g/mol. The van der Waals surface area contributed by atoms with Crippen LogP contribution >= 0.6 is 34.8 Å². The summed E-state index contributed by atoms with van der Waals surface area (Å²) in [5.41, 5.74) is 0.658. The summed E-state index contributed by atoms with van der Waals surface area (Å²) in [6, 6.07) is 6.06. The number of carbonyl (C=O) groups excluding carboxylic acids is 2. The van der Waals surface area contributed by atoms with Crippen molar-refractivity contribution in [3.63, 3.8) is 0 Å². The lowest BCUT2D eigenvalue weighted by atomic mass is 9.98. The maximum absolute atomic E-state index is 13.3. The molecule has 0 aromatic heterocycles. The lowest BCUT2D eigenvalue weighted by Gasteiger charge is -2.29. The molecule has 0 fully saturated rings. The Bertz CT molecular complexity index is 1420. The van der Waals surface area contributed by atoms with E-state index in [1.807, 2.05) is 6.07 Å². The molecule has 0 aliphatic carbocycles. The van der Waals surface area contributed by atoms with Crippen LogP contribution in [0.25, 0.3) is 0 Å². The highest BCUT2D eigenvalue weighted by molar-refractivity contribution is 7.91. The largest absolute Gasteiger partial charge is 0.493 e. The van der Waals surface area contributed by atoms with Gasteiger partial charge in [0.05, 0.1) is 39.4 Å². The minimum absolute atomic E-state index is 0.0707. The molecule has 0 bridgehead atoms. The molecule has 1 aliphatic heterocycles. The molecule has 2 aromatic rings. The van der Waals surface area contributed by atoms with Crippen LogP contribution in [0.5, 0.6) is 5.75 Å². The topological polar surface area (TPSA) is 123 Å². The number of hydrogen-bond acceptors (Lipinski definition) is 7. The number of alkyl carbamates (subject to hydrolysis) is 1. The van der Waals surface area contributed by atoms with Crippen LogP contribution in [0.2, 0.25) is 15.1 Å². The van der Waals surface area contributed by atoms with E-state index >= 15 is 0 Å². The molecule has 3 N–H and O–H groups in total. The number of carbonyl (C=O) groups is 2. The van der Waals surface area contributed by atoms with Gasteiger partial charge in [-0.05, 0) is 77.4 Å². The molecule has 2 atom stereocenters. The minimum atomic E-state index is -3.98. The van der Waals surface area contributed by atoms with Crippen LogP contribution in [0.15, 0.2) is 35.2 Å². The summed E-state index contributed by atoms with van der Waals surface area (Å²) in [6.07, 6.45) is -0.682. The van der Waals surface area contributed by atoms with Gasteiger partial charge in [-0.1, -0.05) is 34.8 Å². The molecule has 2 aromatic carbocycles. The Morgan fingerprint density at radius 3 is 2.33 bits per heavy atom. The molecule has 2 unspecified atom stereocenters. The summed E-state index contributed by atoms with van der Waals surface area (Å²) < 4.78 is 37.6. The van der Waals surface area contributed by atoms with Crippen LogP contribution < -0.4 is 20.7 Å². The van der Waals surface area contributed by atoms with E-state index in [9.17, 15) is 18.0 Å². The van der Waals surface area contributed by atoms with Crippen LogP contribution in [-0.4, -0.2) is 50.0 Å². The Balaban J connectivity index is 1.79. The van der Waals surface area contributed by atoms with Gasteiger partial charge in [-0.2, -0.15) is 0 Å². The van der Waals surface area contributed by atoms with Crippen LogP contribution in [0.3, 0.4) is 0 Å². The number of ether oxygens (including phenoxy) is 2. The van der Waals surface area contributed by atoms with Gasteiger partial charge in [0.1, 0.15) is 11.4 Å². The average molecular weight is 663 g/mol. The highest BCUT2D eigenvalue weighted by atomic mass is 35.5. The van der Waals surface area contributed by atoms with E-state index in [0.29, 0.717) is 30.3 Å². The Morgan fingerprint density at radius 1 is 1.02 bits per heavy atom. The smallest absolute Gasteiger partial charge is 0.407 e. The third-order valence-corrected chi connectivity index (χ3v) is 9.09. The standard InChI is InChI=1S/C29H38Cl3N3O6S/c1-28(2,3)33-15-17-11-25-20(14-22(17)31)24(9-10-40-25)35-26(36)12-18(34-27(37)41-29(4,5)6)16-42(38,39)19-7-8-21(30)23(32)13-19/h7-8,11,13-14,18,24,33H,9-10,12,15-16H2,1-6H3,(H,34,37)(H,35,36). The molecule has 13 heteroatoms. The fourth-order valence-electron chi connectivity index (χ4n) is 4.23. The Morgan fingerprint density at radius 2 is 1.71 bits per heavy atom. The Kier molecular flexibility index (Phi) is 11.1. The third kappa shape index (κ3) is 10.2. The van der Waals surface area contributed by atoms with Crippen molar-refractivity contribution in [3.8, 4) is 5.75 Å². The molecule has 0 spiro atoms. The molecule has 0 saturated carbocycles. The van der Waals surface area contributed by atoms with Gasteiger partial charge < -0.3 is 25.4 Å². The van der Waals surface area contributed by atoms with E-state index in [1.54, 1.807) is 26.8 Å². The van der Waals surface area contributed by atoms with E-state index in [-0.39, 0.29) is 26.9 Å². The molecule has 9 nitrogen and oxygen atoms in total.